The molecule has 2 saturated heterocycles. The highest BCUT2D eigenvalue weighted by Gasteiger charge is 2.50. The van der Waals surface area contributed by atoms with Gasteiger partial charge in [-0.1, -0.05) is 11.8 Å². The Hall–Kier alpha value is -2.59. The molecular weight excluding hydrogens is 690 g/mol. The van der Waals surface area contributed by atoms with Crippen LogP contribution < -0.4 is 21.9 Å². The van der Waals surface area contributed by atoms with E-state index in [0.29, 0.717) is 11.2 Å². The summed E-state index contributed by atoms with van der Waals surface area (Å²) in [6.45, 7) is -10.2. The minimum atomic E-state index is -4.38. The van der Waals surface area contributed by atoms with Gasteiger partial charge in [-0.3, -0.25) is 18.9 Å². The summed E-state index contributed by atoms with van der Waals surface area (Å²) in [6.07, 6.45) is -2.11. The molecule has 10 atom stereocenters. The number of hydrogen-bond acceptors (Lipinski definition) is 19. The maximum atomic E-state index is 13.7. The van der Waals surface area contributed by atoms with Crippen LogP contribution in [0.25, 0.3) is 22.3 Å². The largest absolute Gasteiger partial charge is 0.780 e. The van der Waals surface area contributed by atoms with Crippen LogP contribution in [-0.2, 0) is 51.5 Å². The van der Waals surface area contributed by atoms with Crippen LogP contribution in [0.5, 0.6) is 0 Å². The molecule has 6 heterocycles. The number of nitrogens with one attached hydrogen (secondary N) is 1. The van der Waals surface area contributed by atoms with Crippen LogP contribution in [0.15, 0.2) is 23.8 Å². The third-order valence-electron chi connectivity index (χ3n) is 8.26. The molecule has 3 aliphatic rings. The van der Waals surface area contributed by atoms with Gasteiger partial charge in [0.05, 0.1) is 50.7 Å². The van der Waals surface area contributed by atoms with Gasteiger partial charge >= 0.3 is 0 Å². The first-order valence-corrected chi connectivity index (χ1v) is 18.8. The van der Waals surface area contributed by atoms with Gasteiger partial charge in [-0.2, -0.15) is 4.98 Å². The Morgan fingerprint density at radius 1 is 1.09 bits per heavy atom. The van der Waals surface area contributed by atoms with E-state index in [0.717, 1.165) is 0 Å². The Morgan fingerprint density at radius 3 is 2.63 bits per heavy atom. The van der Waals surface area contributed by atoms with E-state index in [1.165, 1.54) is 23.5 Å². The molecule has 20 nitrogen and oxygen atoms in total. The van der Waals surface area contributed by atoms with E-state index in [2.05, 4.69) is 29.9 Å². The molecule has 7 rings (SSSR count). The summed E-state index contributed by atoms with van der Waals surface area (Å²) >= 11 is 10.5. The Morgan fingerprint density at radius 2 is 1.85 bits per heavy atom. The molecule has 4 aromatic rings. The second-order valence-corrected chi connectivity index (χ2v) is 16.4. The second-order valence-electron chi connectivity index (χ2n) is 10.9. The lowest BCUT2D eigenvalue weighted by molar-refractivity contribution is -0.218. The Bertz CT molecular complexity index is 1960. The van der Waals surface area contributed by atoms with Crippen LogP contribution in [-0.4, -0.2) is 93.5 Å². The predicted molar refractivity (Wildman–Crippen MR) is 161 cm³/mol. The zero-order valence-corrected chi connectivity index (χ0v) is 26.8. The lowest BCUT2D eigenvalue weighted by Gasteiger charge is -2.35. The Labute approximate surface area is 268 Å². The summed E-state index contributed by atoms with van der Waals surface area (Å²) in [5.74, 6) is -1.82. The number of aliphatic hydroxyl groups excluding tert-OH is 2. The molecule has 0 amide bonds. The molecule has 1 aliphatic carbocycles. The number of H-pyrrole nitrogens is 1. The third-order valence-corrected chi connectivity index (χ3v) is 11.3. The van der Waals surface area contributed by atoms with Crippen LogP contribution in [0, 0.1) is 11.8 Å². The fourth-order valence-electron chi connectivity index (χ4n) is 6.14. The average Bonchev–Trinajstić information content (AvgIpc) is 3.75. The quantitative estimate of drug-likeness (QED) is 0.120. The smallest absolute Gasteiger partial charge is 0.280 e. The van der Waals surface area contributed by atoms with E-state index < -0.39 is 80.8 Å². The molecule has 1 saturated carbocycles. The number of aromatic nitrogens is 8. The summed E-state index contributed by atoms with van der Waals surface area (Å²) in [5.41, 5.74) is 11.6. The first-order valence-electron chi connectivity index (χ1n) is 13.7. The SMILES string of the molecule is Nc1nc2c(ncn2C2OC3COP([O-])(=S)OC4C(COP(=O)([S-])OC2C3CO)CC(n2cnc3c(N)ncnc32)C4O)c(=O)[nH]1. The van der Waals surface area contributed by atoms with Crippen molar-refractivity contribution in [3.8, 4) is 0 Å². The molecule has 46 heavy (non-hydrogen) atoms. The molecule has 0 aromatic carbocycles. The zero-order valence-electron chi connectivity index (χ0n) is 23.3. The number of aliphatic hydroxyl groups is 2. The first-order chi connectivity index (χ1) is 21.9. The van der Waals surface area contributed by atoms with Crippen LogP contribution in [0.2, 0.25) is 0 Å². The number of ether oxygens (including phenoxy) is 1. The lowest BCUT2D eigenvalue weighted by atomic mass is 9.99. The molecule has 24 heteroatoms. The third kappa shape index (κ3) is 5.65. The van der Waals surface area contributed by atoms with Crippen LogP contribution in [0.1, 0.15) is 18.7 Å². The van der Waals surface area contributed by atoms with Crippen molar-refractivity contribution in [2.75, 3.05) is 31.3 Å². The number of imidazole rings is 2. The van der Waals surface area contributed by atoms with E-state index in [4.69, 9.17) is 58.4 Å². The molecule has 2 aliphatic heterocycles. The van der Waals surface area contributed by atoms with Crippen LogP contribution >= 0.6 is 13.5 Å². The van der Waals surface area contributed by atoms with Gasteiger partial charge in [0.1, 0.15) is 30.8 Å². The first kappa shape index (κ1) is 32.0. The van der Waals surface area contributed by atoms with E-state index in [1.54, 1.807) is 4.57 Å². The van der Waals surface area contributed by atoms with Gasteiger partial charge in [-0.25, -0.2) is 19.9 Å². The highest BCUT2D eigenvalue weighted by molar-refractivity contribution is 8.32. The lowest BCUT2D eigenvalue weighted by Crippen LogP contribution is -2.35. The van der Waals surface area contributed by atoms with Gasteiger partial charge in [-0.05, 0) is 6.42 Å². The number of anilines is 2. The molecule has 3 fully saturated rings. The van der Waals surface area contributed by atoms with Crippen molar-refractivity contribution < 1.29 is 42.5 Å². The van der Waals surface area contributed by atoms with Gasteiger partial charge < -0.3 is 66.2 Å². The van der Waals surface area contributed by atoms with Crippen molar-refractivity contribution in [1.29, 1.82) is 0 Å². The number of nitrogens with two attached hydrogens (primary N) is 2. The van der Waals surface area contributed by atoms with Crippen molar-refractivity contribution in [3.05, 3.63) is 29.3 Å². The summed E-state index contributed by atoms with van der Waals surface area (Å²) in [4.78, 5) is 48.8. The molecule has 0 radical (unpaired) electrons. The standard InChI is InChI=1S/C22H28N10O10P2S2/c23-17-12-18(26-5-25-17)31(6-27-12)10-1-8-3-38-43(36,45)42-16-9(2-33)11(4-39-44(37,46)41-15(8)14(10)34)40-21(16)32-7-28-13-19(32)29-22(24)30-20(13)35/h5-11,14-16,21,33-34H,1-4H2,(H,36,45)(H,37,46)(H2,23,25,26)(H3,24,29,30,35)/p-2. The average molecular weight is 717 g/mol. The van der Waals surface area contributed by atoms with E-state index in [-0.39, 0.29) is 36.0 Å². The van der Waals surface area contributed by atoms with Crippen molar-refractivity contribution in [2.24, 2.45) is 11.8 Å². The van der Waals surface area contributed by atoms with Gasteiger partial charge in [0, 0.05) is 11.8 Å². The number of fused-ring (bicyclic) bond motifs is 5. The molecule has 10 unspecified atom stereocenters. The predicted octanol–water partition coefficient (Wildman–Crippen LogP) is -1.39. The maximum absolute atomic E-state index is 13.7. The monoisotopic (exact) mass is 716 g/mol. The van der Waals surface area contributed by atoms with E-state index >= 15 is 0 Å². The van der Waals surface area contributed by atoms with Crippen molar-refractivity contribution in [1.82, 2.24) is 39.0 Å². The van der Waals surface area contributed by atoms with Crippen molar-refractivity contribution >= 4 is 71.7 Å². The molecule has 4 aromatic heterocycles. The minimum absolute atomic E-state index is 0.00416. The van der Waals surface area contributed by atoms with Crippen LogP contribution in [0.3, 0.4) is 0 Å². The van der Waals surface area contributed by atoms with E-state index in [9.17, 15) is 24.5 Å². The molecular formula is C22H26N10O10P2S2-2. The number of nitrogen functional groups attached to an aromatic ring is 2. The summed E-state index contributed by atoms with van der Waals surface area (Å²) < 4.78 is 45.5. The highest BCUT2D eigenvalue weighted by Crippen LogP contribution is 2.55. The van der Waals surface area contributed by atoms with Crippen LogP contribution in [0.4, 0.5) is 11.8 Å². The Balaban J connectivity index is 1.22. The van der Waals surface area contributed by atoms with Gasteiger partial charge in [0.2, 0.25) is 5.95 Å². The fourth-order valence-corrected chi connectivity index (χ4v) is 9.08. The topological polar surface area (TPSA) is 286 Å². The highest BCUT2D eigenvalue weighted by atomic mass is 32.7. The number of aromatic amines is 1. The summed E-state index contributed by atoms with van der Waals surface area (Å²) in [5, 5.41) is 21.7. The number of nitrogens with zero attached hydrogens (tertiary/aromatic N) is 7. The van der Waals surface area contributed by atoms with Gasteiger partial charge in [0.25, 0.3) is 5.56 Å². The van der Waals surface area contributed by atoms with Crippen molar-refractivity contribution in [3.63, 3.8) is 0 Å². The molecule has 248 valence electrons. The molecule has 7 N–H and O–H groups in total. The number of hydrogen-bond donors (Lipinski definition) is 5. The normalized spacial score (nSPS) is 37.1. The van der Waals surface area contributed by atoms with Gasteiger partial charge in [0.15, 0.2) is 35.7 Å². The summed E-state index contributed by atoms with van der Waals surface area (Å²) in [6, 6.07) is -0.744. The second kappa shape index (κ2) is 11.8. The van der Waals surface area contributed by atoms with Gasteiger partial charge in [-0.15, -0.1) is 0 Å². The molecule has 2 bridgehead atoms. The Kier molecular flexibility index (Phi) is 8.22. The number of rotatable bonds is 3. The van der Waals surface area contributed by atoms with Crippen molar-refractivity contribution in [2.45, 2.75) is 43.1 Å². The van der Waals surface area contributed by atoms with E-state index in [1.807, 2.05) is 0 Å². The zero-order chi connectivity index (χ0) is 32.5. The fraction of sp³-hybridized carbons (Fsp3) is 0.545. The minimum Gasteiger partial charge on any atom is -0.780 e. The summed E-state index contributed by atoms with van der Waals surface area (Å²) in [7, 11) is 0. The maximum Gasteiger partial charge on any atom is 0.280 e. The molecule has 0 spiro atoms.